The van der Waals surface area contributed by atoms with Gasteiger partial charge in [0.15, 0.2) is 5.96 Å². The smallest absolute Gasteiger partial charge is 0.191 e. The third-order valence-electron chi connectivity index (χ3n) is 3.24. The van der Waals surface area contributed by atoms with Crippen LogP contribution in [-0.4, -0.2) is 32.2 Å². The Balaban J connectivity index is 1.48. The molecule has 1 heterocycles. The maximum absolute atomic E-state index is 5.51. The van der Waals surface area contributed by atoms with Gasteiger partial charge in [-0.05, 0) is 30.9 Å². The van der Waals surface area contributed by atoms with Crippen LogP contribution in [-0.2, 0) is 11.3 Å². The van der Waals surface area contributed by atoms with Gasteiger partial charge >= 0.3 is 0 Å². The second kappa shape index (κ2) is 7.19. The van der Waals surface area contributed by atoms with Crippen LogP contribution in [0.3, 0.4) is 0 Å². The molecule has 1 aliphatic rings. The van der Waals surface area contributed by atoms with Crippen molar-refractivity contribution in [3.63, 3.8) is 0 Å². The number of furan rings is 1. The van der Waals surface area contributed by atoms with Gasteiger partial charge in [0.2, 0.25) is 0 Å². The second-order valence-electron chi connectivity index (χ2n) is 4.95. The van der Waals surface area contributed by atoms with Crippen LogP contribution in [0, 0.1) is 5.92 Å². The second-order valence-corrected chi connectivity index (χ2v) is 4.95. The fraction of sp³-hybridized carbons (Fsp3) is 0.643. The minimum atomic E-state index is 0.541. The Labute approximate surface area is 114 Å². The van der Waals surface area contributed by atoms with E-state index in [-0.39, 0.29) is 0 Å². The summed E-state index contributed by atoms with van der Waals surface area (Å²) in [5.41, 5.74) is 0. The molecular formula is C14H23N3O2. The van der Waals surface area contributed by atoms with Gasteiger partial charge in [-0.3, -0.25) is 4.99 Å². The van der Waals surface area contributed by atoms with Crippen LogP contribution in [0.4, 0.5) is 0 Å². The van der Waals surface area contributed by atoms with E-state index in [1.807, 2.05) is 12.1 Å². The molecule has 1 aromatic heterocycles. The van der Waals surface area contributed by atoms with Crippen LogP contribution < -0.4 is 10.6 Å². The van der Waals surface area contributed by atoms with Gasteiger partial charge in [-0.2, -0.15) is 0 Å². The van der Waals surface area contributed by atoms with Crippen LogP contribution in [0.1, 0.15) is 25.5 Å². The SMILES string of the molecule is CN=C(NCCCOCc1ccco1)NC1CC1C. The monoisotopic (exact) mass is 265 g/mol. The molecule has 2 atom stereocenters. The van der Waals surface area contributed by atoms with E-state index in [0.717, 1.165) is 30.6 Å². The van der Waals surface area contributed by atoms with Gasteiger partial charge in [0.05, 0.1) is 6.26 Å². The zero-order chi connectivity index (χ0) is 13.5. The first-order valence-electron chi connectivity index (χ1n) is 6.87. The summed E-state index contributed by atoms with van der Waals surface area (Å²) >= 11 is 0. The van der Waals surface area contributed by atoms with Gasteiger partial charge in [0, 0.05) is 26.2 Å². The lowest BCUT2D eigenvalue weighted by Crippen LogP contribution is -2.39. The summed E-state index contributed by atoms with van der Waals surface area (Å²) in [6.45, 7) is 4.36. The standard InChI is InChI=1S/C14H23N3O2/c1-11-9-13(11)17-14(15-2)16-6-4-7-18-10-12-5-3-8-19-12/h3,5,8,11,13H,4,6-7,9-10H2,1-2H3,(H2,15,16,17). The number of hydrogen-bond acceptors (Lipinski definition) is 3. The van der Waals surface area contributed by atoms with Crippen molar-refractivity contribution in [1.29, 1.82) is 0 Å². The molecule has 5 heteroatoms. The van der Waals surface area contributed by atoms with Crippen molar-refractivity contribution in [2.45, 2.75) is 32.4 Å². The molecule has 0 bridgehead atoms. The predicted octanol–water partition coefficient (Wildman–Crippen LogP) is 1.76. The van der Waals surface area contributed by atoms with E-state index in [1.54, 1.807) is 13.3 Å². The van der Waals surface area contributed by atoms with Gasteiger partial charge in [0.1, 0.15) is 12.4 Å². The van der Waals surface area contributed by atoms with Crippen molar-refractivity contribution in [2.24, 2.45) is 10.9 Å². The molecule has 106 valence electrons. The maximum Gasteiger partial charge on any atom is 0.191 e. The lowest BCUT2D eigenvalue weighted by Gasteiger charge is -2.11. The number of nitrogens with zero attached hydrogens (tertiary/aromatic N) is 1. The Bertz CT molecular complexity index is 389. The molecule has 1 saturated carbocycles. The fourth-order valence-electron chi connectivity index (χ4n) is 1.84. The summed E-state index contributed by atoms with van der Waals surface area (Å²) in [6.07, 6.45) is 3.85. The average Bonchev–Trinajstić information content (AvgIpc) is 2.91. The molecule has 0 spiro atoms. The van der Waals surface area contributed by atoms with Gasteiger partial charge in [-0.15, -0.1) is 0 Å². The normalized spacial score (nSPS) is 22.3. The summed E-state index contributed by atoms with van der Waals surface area (Å²) < 4.78 is 10.7. The molecule has 1 fully saturated rings. The van der Waals surface area contributed by atoms with Gasteiger partial charge in [0.25, 0.3) is 0 Å². The largest absolute Gasteiger partial charge is 0.467 e. The van der Waals surface area contributed by atoms with Crippen molar-refractivity contribution < 1.29 is 9.15 Å². The number of nitrogens with one attached hydrogen (secondary N) is 2. The predicted molar refractivity (Wildman–Crippen MR) is 75.0 cm³/mol. The van der Waals surface area contributed by atoms with Crippen molar-refractivity contribution in [3.8, 4) is 0 Å². The summed E-state index contributed by atoms with van der Waals surface area (Å²) in [5, 5.41) is 6.68. The van der Waals surface area contributed by atoms with Crippen LogP contribution >= 0.6 is 0 Å². The third kappa shape index (κ3) is 4.95. The van der Waals surface area contributed by atoms with Crippen molar-refractivity contribution >= 4 is 5.96 Å². The van der Waals surface area contributed by atoms with Crippen LogP contribution in [0.2, 0.25) is 0 Å². The van der Waals surface area contributed by atoms with E-state index in [1.165, 1.54) is 6.42 Å². The maximum atomic E-state index is 5.51. The van der Waals surface area contributed by atoms with E-state index in [0.29, 0.717) is 19.3 Å². The highest BCUT2D eigenvalue weighted by atomic mass is 16.5. The minimum Gasteiger partial charge on any atom is -0.467 e. The average molecular weight is 265 g/mol. The molecule has 1 aromatic rings. The number of hydrogen-bond donors (Lipinski definition) is 2. The molecule has 5 nitrogen and oxygen atoms in total. The Morgan fingerprint density at radius 1 is 1.58 bits per heavy atom. The summed E-state index contributed by atoms with van der Waals surface area (Å²) in [6, 6.07) is 4.39. The summed E-state index contributed by atoms with van der Waals surface area (Å²) in [5.74, 6) is 2.53. The van der Waals surface area contributed by atoms with Crippen molar-refractivity contribution in [2.75, 3.05) is 20.2 Å². The van der Waals surface area contributed by atoms with Crippen molar-refractivity contribution in [3.05, 3.63) is 24.2 Å². The van der Waals surface area contributed by atoms with Crippen LogP contribution in [0.15, 0.2) is 27.8 Å². The highest BCUT2D eigenvalue weighted by Gasteiger charge is 2.32. The van der Waals surface area contributed by atoms with Gasteiger partial charge < -0.3 is 19.8 Å². The molecule has 2 rings (SSSR count). The van der Waals surface area contributed by atoms with Crippen molar-refractivity contribution in [1.82, 2.24) is 10.6 Å². The molecular weight excluding hydrogens is 242 g/mol. The highest BCUT2D eigenvalue weighted by Crippen LogP contribution is 2.28. The molecule has 2 unspecified atom stereocenters. The minimum absolute atomic E-state index is 0.541. The van der Waals surface area contributed by atoms with E-state index < -0.39 is 0 Å². The fourth-order valence-corrected chi connectivity index (χ4v) is 1.84. The molecule has 1 aliphatic carbocycles. The van der Waals surface area contributed by atoms with Gasteiger partial charge in [-0.1, -0.05) is 6.92 Å². The van der Waals surface area contributed by atoms with E-state index in [4.69, 9.17) is 9.15 Å². The van der Waals surface area contributed by atoms with Gasteiger partial charge in [-0.25, -0.2) is 0 Å². The molecule has 0 saturated heterocycles. The molecule has 0 radical (unpaired) electrons. The van der Waals surface area contributed by atoms with Crippen LogP contribution in [0.5, 0.6) is 0 Å². The Morgan fingerprint density at radius 2 is 2.42 bits per heavy atom. The quantitative estimate of drug-likeness (QED) is 0.448. The highest BCUT2D eigenvalue weighted by molar-refractivity contribution is 5.80. The molecule has 19 heavy (non-hydrogen) atoms. The Morgan fingerprint density at radius 3 is 3.05 bits per heavy atom. The Hall–Kier alpha value is -1.49. The lowest BCUT2D eigenvalue weighted by atomic mass is 10.4. The zero-order valence-corrected chi connectivity index (χ0v) is 11.7. The summed E-state index contributed by atoms with van der Waals surface area (Å²) in [4.78, 5) is 4.20. The molecule has 0 amide bonds. The third-order valence-corrected chi connectivity index (χ3v) is 3.24. The topological polar surface area (TPSA) is 58.8 Å². The molecule has 0 aromatic carbocycles. The number of aliphatic imine (C=N–C) groups is 1. The summed E-state index contributed by atoms with van der Waals surface area (Å²) in [7, 11) is 1.80. The molecule has 2 N–H and O–H groups in total. The van der Waals surface area contributed by atoms with Crippen LogP contribution in [0.25, 0.3) is 0 Å². The first-order chi connectivity index (χ1) is 9.29. The number of guanidine groups is 1. The molecule has 0 aliphatic heterocycles. The van der Waals surface area contributed by atoms with E-state index >= 15 is 0 Å². The number of ether oxygens (including phenoxy) is 1. The first-order valence-corrected chi connectivity index (χ1v) is 6.87. The Kier molecular flexibility index (Phi) is 5.27. The zero-order valence-electron chi connectivity index (χ0n) is 11.7. The van der Waals surface area contributed by atoms with E-state index in [9.17, 15) is 0 Å². The lowest BCUT2D eigenvalue weighted by molar-refractivity contribution is 0.105. The van der Waals surface area contributed by atoms with E-state index in [2.05, 4.69) is 22.5 Å². The first kappa shape index (κ1) is 13.9. The number of rotatable bonds is 7.